The Balaban J connectivity index is 1.70. The van der Waals surface area contributed by atoms with Crippen LogP contribution in [0.5, 0.6) is 0 Å². The van der Waals surface area contributed by atoms with Gasteiger partial charge in [-0.3, -0.25) is 0 Å². The van der Waals surface area contributed by atoms with E-state index < -0.39 is 0 Å². The molecule has 0 bridgehead atoms. The minimum absolute atomic E-state index is 0.221. The average molecular weight is 393 g/mol. The quantitative estimate of drug-likeness (QED) is 0.673. The summed E-state index contributed by atoms with van der Waals surface area (Å²) in [5.41, 5.74) is 3.02. The third-order valence-corrected chi connectivity index (χ3v) is 3.96. The van der Waals surface area contributed by atoms with E-state index in [0.29, 0.717) is 6.54 Å². The van der Waals surface area contributed by atoms with Crippen LogP contribution in [0.4, 0.5) is 10.1 Å². The SMILES string of the molecule is Fc1ccc(NCc2cnn(-c3ccccc3)c2)c(I)c1. The van der Waals surface area contributed by atoms with Gasteiger partial charge in [-0.15, -0.1) is 0 Å². The van der Waals surface area contributed by atoms with E-state index in [1.807, 2.05) is 47.4 Å². The summed E-state index contributed by atoms with van der Waals surface area (Å²) in [6, 6.07) is 14.7. The molecular formula is C16H13FIN3. The molecule has 106 valence electrons. The van der Waals surface area contributed by atoms with E-state index in [0.717, 1.165) is 20.5 Å². The van der Waals surface area contributed by atoms with Crippen molar-refractivity contribution < 1.29 is 4.39 Å². The third kappa shape index (κ3) is 3.41. The van der Waals surface area contributed by atoms with E-state index in [-0.39, 0.29) is 5.82 Å². The molecule has 0 saturated carbocycles. The molecule has 1 heterocycles. The van der Waals surface area contributed by atoms with Crippen molar-refractivity contribution >= 4 is 28.3 Å². The number of aromatic nitrogens is 2. The van der Waals surface area contributed by atoms with Crippen LogP contribution in [-0.2, 0) is 6.54 Å². The van der Waals surface area contributed by atoms with Gasteiger partial charge in [0.15, 0.2) is 0 Å². The predicted molar refractivity (Wildman–Crippen MR) is 90.0 cm³/mol. The van der Waals surface area contributed by atoms with Gasteiger partial charge < -0.3 is 5.32 Å². The molecule has 0 radical (unpaired) electrons. The van der Waals surface area contributed by atoms with Crippen molar-refractivity contribution in [2.45, 2.75) is 6.54 Å². The molecule has 3 aromatic rings. The topological polar surface area (TPSA) is 29.9 Å². The van der Waals surface area contributed by atoms with Crippen LogP contribution in [0.1, 0.15) is 5.56 Å². The van der Waals surface area contributed by atoms with E-state index >= 15 is 0 Å². The van der Waals surface area contributed by atoms with Crippen LogP contribution in [0.15, 0.2) is 60.9 Å². The van der Waals surface area contributed by atoms with Gasteiger partial charge in [0.2, 0.25) is 0 Å². The monoisotopic (exact) mass is 393 g/mol. The number of anilines is 1. The van der Waals surface area contributed by atoms with Crippen molar-refractivity contribution in [3.05, 3.63) is 75.9 Å². The maximum absolute atomic E-state index is 13.1. The molecule has 1 N–H and O–H groups in total. The average Bonchev–Trinajstić information content (AvgIpc) is 2.96. The van der Waals surface area contributed by atoms with Crippen molar-refractivity contribution in [1.29, 1.82) is 0 Å². The van der Waals surface area contributed by atoms with Gasteiger partial charge in [0, 0.05) is 27.6 Å². The zero-order chi connectivity index (χ0) is 14.7. The highest BCUT2D eigenvalue weighted by Gasteiger charge is 2.03. The summed E-state index contributed by atoms with van der Waals surface area (Å²) in [5, 5.41) is 7.64. The van der Waals surface area contributed by atoms with E-state index in [4.69, 9.17) is 0 Å². The van der Waals surface area contributed by atoms with Gasteiger partial charge in [-0.05, 0) is 52.9 Å². The number of nitrogens with one attached hydrogen (secondary N) is 1. The molecule has 0 atom stereocenters. The van der Waals surface area contributed by atoms with Crippen molar-refractivity contribution in [1.82, 2.24) is 9.78 Å². The molecule has 0 spiro atoms. The van der Waals surface area contributed by atoms with Crippen LogP contribution in [0.3, 0.4) is 0 Å². The Bertz CT molecular complexity index is 740. The first-order valence-electron chi connectivity index (χ1n) is 6.50. The molecule has 0 aliphatic rings. The lowest BCUT2D eigenvalue weighted by Crippen LogP contribution is -2.00. The summed E-state index contributed by atoms with van der Waals surface area (Å²) in [6.07, 6.45) is 3.81. The highest BCUT2D eigenvalue weighted by atomic mass is 127. The van der Waals surface area contributed by atoms with Gasteiger partial charge in [0.05, 0.1) is 11.9 Å². The highest BCUT2D eigenvalue weighted by Crippen LogP contribution is 2.20. The fraction of sp³-hybridized carbons (Fsp3) is 0.0625. The minimum atomic E-state index is -0.221. The lowest BCUT2D eigenvalue weighted by atomic mass is 10.3. The number of nitrogens with zero attached hydrogens (tertiary/aromatic N) is 2. The summed E-state index contributed by atoms with van der Waals surface area (Å²) in [6.45, 7) is 0.647. The van der Waals surface area contributed by atoms with E-state index in [1.165, 1.54) is 12.1 Å². The maximum Gasteiger partial charge on any atom is 0.124 e. The van der Waals surface area contributed by atoms with Crippen molar-refractivity contribution in [3.8, 4) is 5.69 Å². The number of hydrogen-bond donors (Lipinski definition) is 1. The molecular weight excluding hydrogens is 380 g/mol. The Morgan fingerprint density at radius 2 is 1.95 bits per heavy atom. The molecule has 1 aromatic heterocycles. The van der Waals surface area contributed by atoms with Crippen LogP contribution >= 0.6 is 22.6 Å². The first-order valence-corrected chi connectivity index (χ1v) is 7.58. The van der Waals surface area contributed by atoms with Crippen molar-refractivity contribution in [2.24, 2.45) is 0 Å². The summed E-state index contributed by atoms with van der Waals surface area (Å²) in [5.74, 6) is -0.221. The minimum Gasteiger partial charge on any atom is -0.380 e. The molecule has 0 amide bonds. The highest BCUT2D eigenvalue weighted by molar-refractivity contribution is 14.1. The lowest BCUT2D eigenvalue weighted by Gasteiger charge is -2.07. The number of rotatable bonds is 4. The van der Waals surface area contributed by atoms with Crippen LogP contribution in [0.2, 0.25) is 0 Å². The predicted octanol–water partition coefficient (Wildman–Crippen LogP) is 4.23. The molecule has 21 heavy (non-hydrogen) atoms. The van der Waals surface area contributed by atoms with Gasteiger partial charge in [0.1, 0.15) is 5.82 Å². The second-order valence-corrected chi connectivity index (χ2v) is 5.77. The molecule has 5 heteroatoms. The number of halogens is 2. The van der Waals surface area contributed by atoms with Crippen LogP contribution in [0, 0.1) is 9.39 Å². The zero-order valence-electron chi connectivity index (χ0n) is 11.1. The second kappa shape index (κ2) is 6.26. The molecule has 2 aromatic carbocycles. The number of para-hydroxylation sites is 1. The Hall–Kier alpha value is -1.89. The zero-order valence-corrected chi connectivity index (χ0v) is 13.3. The first-order chi connectivity index (χ1) is 10.2. The van der Waals surface area contributed by atoms with Crippen molar-refractivity contribution in [3.63, 3.8) is 0 Å². The normalized spacial score (nSPS) is 10.6. The van der Waals surface area contributed by atoms with Gasteiger partial charge in [-0.2, -0.15) is 5.10 Å². The van der Waals surface area contributed by atoms with E-state index in [2.05, 4.69) is 33.0 Å². The summed E-state index contributed by atoms with van der Waals surface area (Å²) in [7, 11) is 0. The van der Waals surface area contributed by atoms with Crippen LogP contribution in [-0.4, -0.2) is 9.78 Å². The van der Waals surface area contributed by atoms with E-state index in [9.17, 15) is 4.39 Å². The molecule has 0 aliphatic carbocycles. The standard InChI is InChI=1S/C16H13FIN3/c17-13-6-7-16(15(18)8-13)19-9-12-10-20-21(11-12)14-4-2-1-3-5-14/h1-8,10-11,19H,9H2. The molecule has 0 aliphatic heterocycles. The molecule has 0 saturated heterocycles. The second-order valence-electron chi connectivity index (χ2n) is 4.61. The molecule has 0 fully saturated rings. The van der Waals surface area contributed by atoms with Crippen LogP contribution < -0.4 is 5.32 Å². The smallest absolute Gasteiger partial charge is 0.124 e. The van der Waals surface area contributed by atoms with E-state index in [1.54, 1.807) is 6.07 Å². The van der Waals surface area contributed by atoms with Gasteiger partial charge in [-0.25, -0.2) is 9.07 Å². The van der Waals surface area contributed by atoms with Gasteiger partial charge in [-0.1, -0.05) is 18.2 Å². The van der Waals surface area contributed by atoms with Gasteiger partial charge >= 0.3 is 0 Å². The largest absolute Gasteiger partial charge is 0.380 e. The Morgan fingerprint density at radius 3 is 2.71 bits per heavy atom. The summed E-state index contributed by atoms with van der Waals surface area (Å²) < 4.78 is 15.8. The molecule has 0 unspecified atom stereocenters. The molecule has 3 nitrogen and oxygen atoms in total. The summed E-state index contributed by atoms with van der Waals surface area (Å²) >= 11 is 2.12. The van der Waals surface area contributed by atoms with Crippen molar-refractivity contribution in [2.75, 3.05) is 5.32 Å². The molecule has 3 rings (SSSR count). The third-order valence-electron chi connectivity index (χ3n) is 3.07. The van der Waals surface area contributed by atoms with Crippen LogP contribution in [0.25, 0.3) is 5.69 Å². The fourth-order valence-electron chi connectivity index (χ4n) is 2.00. The number of hydrogen-bond acceptors (Lipinski definition) is 2. The maximum atomic E-state index is 13.1. The Labute approximate surface area is 135 Å². The first kappa shape index (κ1) is 14.1. The fourth-order valence-corrected chi connectivity index (χ4v) is 2.67. The Morgan fingerprint density at radius 1 is 1.14 bits per heavy atom. The Kier molecular flexibility index (Phi) is 4.19. The lowest BCUT2D eigenvalue weighted by molar-refractivity contribution is 0.627. The summed E-state index contributed by atoms with van der Waals surface area (Å²) in [4.78, 5) is 0. The van der Waals surface area contributed by atoms with Gasteiger partial charge in [0.25, 0.3) is 0 Å². The number of benzene rings is 2.